The molecule has 0 N–H and O–H groups in total. The number of benzene rings is 2. The van der Waals surface area contributed by atoms with Gasteiger partial charge in [-0.3, -0.25) is 0 Å². The fraction of sp³-hybridized carbons (Fsp3) is 0.478. The van der Waals surface area contributed by atoms with Crippen molar-refractivity contribution in [3.63, 3.8) is 0 Å². The van der Waals surface area contributed by atoms with Crippen molar-refractivity contribution in [1.29, 1.82) is 0 Å². The first-order chi connectivity index (χ1) is 14.4. The predicted molar refractivity (Wildman–Crippen MR) is 120 cm³/mol. The molecule has 2 aromatic carbocycles. The van der Waals surface area contributed by atoms with Gasteiger partial charge < -0.3 is 14.4 Å². The SMILES string of the molecule is COCCS(=O)(=O)c1ccc(OC[C@@H]2CN(CCc3cccc(Cl)c3)C[C@H]2C)cc1. The van der Waals surface area contributed by atoms with Crippen LogP contribution >= 0.6 is 11.6 Å². The molecule has 1 fully saturated rings. The highest BCUT2D eigenvalue weighted by molar-refractivity contribution is 7.91. The Kier molecular flexibility index (Phi) is 8.17. The largest absolute Gasteiger partial charge is 0.493 e. The van der Waals surface area contributed by atoms with E-state index in [-0.39, 0.29) is 12.4 Å². The zero-order valence-corrected chi connectivity index (χ0v) is 19.2. The van der Waals surface area contributed by atoms with Gasteiger partial charge in [0.05, 0.1) is 23.9 Å². The first kappa shape index (κ1) is 23.1. The number of rotatable bonds is 10. The molecule has 1 aliphatic rings. The van der Waals surface area contributed by atoms with Crippen LogP contribution < -0.4 is 4.74 Å². The number of ether oxygens (including phenoxy) is 2. The molecule has 1 saturated heterocycles. The van der Waals surface area contributed by atoms with Crippen molar-refractivity contribution in [2.45, 2.75) is 18.2 Å². The number of likely N-dealkylation sites (tertiary alicyclic amines) is 1. The van der Waals surface area contributed by atoms with Crippen LogP contribution in [-0.2, 0) is 21.0 Å². The van der Waals surface area contributed by atoms with Crippen LogP contribution in [0.5, 0.6) is 5.75 Å². The fourth-order valence-corrected chi connectivity index (χ4v) is 5.16. The summed E-state index contributed by atoms with van der Waals surface area (Å²) in [7, 11) is -1.82. The van der Waals surface area contributed by atoms with Gasteiger partial charge in [-0.15, -0.1) is 0 Å². The van der Waals surface area contributed by atoms with Gasteiger partial charge in [0.15, 0.2) is 9.84 Å². The second-order valence-electron chi connectivity index (χ2n) is 7.97. The Morgan fingerprint density at radius 1 is 1.13 bits per heavy atom. The van der Waals surface area contributed by atoms with Crippen LogP contribution in [-0.4, -0.2) is 59.0 Å². The fourth-order valence-electron chi connectivity index (χ4n) is 3.78. The molecule has 0 amide bonds. The summed E-state index contributed by atoms with van der Waals surface area (Å²) < 4.78 is 35.2. The third-order valence-electron chi connectivity index (χ3n) is 5.65. The molecule has 1 aliphatic heterocycles. The summed E-state index contributed by atoms with van der Waals surface area (Å²) in [5, 5.41) is 0.783. The predicted octanol–water partition coefficient (Wildman–Crippen LogP) is 3.95. The normalized spacial score (nSPS) is 19.8. The molecule has 7 heteroatoms. The van der Waals surface area contributed by atoms with Gasteiger partial charge in [-0.2, -0.15) is 0 Å². The van der Waals surface area contributed by atoms with E-state index in [1.165, 1.54) is 12.7 Å². The van der Waals surface area contributed by atoms with Crippen LogP contribution in [0.3, 0.4) is 0 Å². The van der Waals surface area contributed by atoms with Crippen LogP contribution in [0.15, 0.2) is 53.4 Å². The maximum atomic E-state index is 12.2. The van der Waals surface area contributed by atoms with Crippen molar-refractivity contribution < 1.29 is 17.9 Å². The lowest BCUT2D eigenvalue weighted by Gasteiger charge is -2.17. The number of methoxy groups -OCH3 is 1. The van der Waals surface area contributed by atoms with Gasteiger partial charge in [-0.1, -0.05) is 30.7 Å². The van der Waals surface area contributed by atoms with Crippen LogP contribution in [0, 0.1) is 11.8 Å². The Morgan fingerprint density at radius 2 is 1.90 bits per heavy atom. The summed E-state index contributed by atoms with van der Waals surface area (Å²) in [6.07, 6.45) is 0.986. The first-order valence-electron chi connectivity index (χ1n) is 10.3. The van der Waals surface area contributed by atoms with Crippen molar-refractivity contribution in [2.24, 2.45) is 11.8 Å². The Bertz CT molecular complexity index is 917. The Labute approximate surface area is 184 Å². The Balaban J connectivity index is 1.47. The van der Waals surface area contributed by atoms with Crippen LogP contribution in [0.2, 0.25) is 5.02 Å². The van der Waals surface area contributed by atoms with Gasteiger partial charge in [-0.05, 0) is 54.3 Å². The first-order valence-corrected chi connectivity index (χ1v) is 12.3. The van der Waals surface area contributed by atoms with E-state index in [1.54, 1.807) is 24.3 Å². The van der Waals surface area contributed by atoms with E-state index in [0.717, 1.165) is 31.1 Å². The number of hydrogen-bond acceptors (Lipinski definition) is 5. The number of nitrogens with zero attached hydrogens (tertiary/aromatic N) is 1. The van der Waals surface area contributed by atoms with E-state index in [0.29, 0.717) is 29.1 Å². The molecular formula is C23H30ClNO4S. The van der Waals surface area contributed by atoms with Crippen LogP contribution in [0.1, 0.15) is 12.5 Å². The van der Waals surface area contributed by atoms with Gasteiger partial charge >= 0.3 is 0 Å². The van der Waals surface area contributed by atoms with E-state index in [4.69, 9.17) is 21.1 Å². The van der Waals surface area contributed by atoms with E-state index >= 15 is 0 Å². The highest BCUT2D eigenvalue weighted by atomic mass is 35.5. The highest BCUT2D eigenvalue weighted by Gasteiger charge is 2.29. The maximum absolute atomic E-state index is 12.2. The average molecular weight is 452 g/mol. The summed E-state index contributed by atoms with van der Waals surface area (Å²) >= 11 is 6.07. The van der Waals surface area contributed by atoms with Crippen molar-refractivity contribution in [1.82, 2.24) is 4.90 Å². The van der Waals surface area contributed by atoms with E-state index in [2.05, 4.69) is 17.9 Å². The minimum absolute atomic E-state index is 0.0195. The van der Waals surface area contributed by atoms with Crippen molar-refractivity contribution >= 4 is 21.4 Å². The van der Waals surface area contributed by atoms with Crippen molar-refractivity contribution in [3.05, 3.63) is 59.1 Å². The lowest BCUT2D eigenvalue weighted by Crippen LogP contribution is -2.24. The molecule has 1 heterocycles. The monoisotopic (exact) mass is 451 g/mol. The highest BCUT2D eigenvalue weighted by Crippen LogP contribution is 2.25. The zero-order chi connectivity index (χ0) is 21.6. The lowest BCUT2D eigenvalue weighted by molar-refractivity contribution is 0.217. The van der Waals surface area contributed by atoms with Gasteiger partial charge in [0.2, 0.25) is 0 Å². The van der Waals surface area contributed by atoms with Gasteiger partial charge in [0, 0.05) is 37.7 Å². The van der Waals surface area contributed by atoms with Gasteiger partial charge in [0.25, 0.3) is 0 Å². The number of hydrogen-bond donors (Lipinski definition) is 0. The van der Waals surface area contributed by atoms with Gasteiger partial charge in [0.1, 0.15) is 5.75 Å². The summed E-state index contributed by atoms with van der Waals surface area (Å²) in [4.78, 5) is 2.78. The van der Waals surface area contributed by atoms with Crippen LogP contribution in [0.4, 0.5) is 0 Å². The summed E-state index contributed by atoms with van der Waals surface area (Å²) in [6.45, 7) is 6.16. The van der Waals surface area contributed by atoms with Gasteiger partial charge in [-0.25, -0.2) is 8.42 Å². The van der Waals surface area contributed by atoms with E-state index in [1.807, 2.05) is 18.2 Å². The molecule has 164 valence electrons. The second-order valence-corrected chi connectivity index (χ2v) is 10.5. The summed E-state index contributed by atoms with van der Waals surface area (Å²) in [5.74, 6) is 1.69. The maximum Gasteiger partial charge on any atom is 0.180 e. The molecule has 0 aliphatic carbocycles. The smallest absolute Gasteiger partial charge is 0.180 e. The molecule has 3 rings (SSSR count). The molecule has 0 radical (unpaired) electrons. The van der Waals surface area contributed by atoms with E-state index in [9.17, 15) is 8.42 Å². The molecule has 2 aromatic rings. The topological polar surface area (TPSA) is 55.8 Å². The summed E-state index contributed by atoms with van der Waals surface area (Å²) in [6, 6.07) is 14.7. The quantitative estimate of drug-likeness (QED) is 0.547. The molecule has 30 heavy (non-hydrogen) atoms. The standard InChI is InChI=1S/C23H30ClNO4S/c1-18-15-25(11-10-19-4-3-5-21(24)14-19)16-20(18)17-29-22-6-8-23(9-7-22)30(26,27)13-12-28-2/h3-9,14,18,20H,10-13,15-17H2,1-2H3/t18-,20+/m1/s1. The van der Waals surface area contributed by atoms with Crippen molar-refractivity contribution in [3.8, 4) is 5.75 Å². The number of sulfone groups is 1. The zero-order valence-electron chi connectivity index (χ0n) is 17.6. The van der Waals surface area contributed by atoms with Crippen LogP contribution in [0.25, 0.3) is 0 Å². The summed E-state index contributed by atoms with van der Waals surface area (Å²) in [5.41, 5.74) is 1.26. The molecule has 0 saturated carbocycles. The minimum atomic E-state index is -3.31. The molecule has 2 atom stereocenters. The molecule has 5 nitrogen and oxygen atoms in total. The third-order valence-corrected chi connectivity index (χ3v) is 7.58. The lowest BCUT2D eigenvalue weighted by atomic mass is 9.99. The molecule has 0 unspecified atom stereocenters. The Hall–Kier alpha value is -1.60. The molecule has 0 aromatic heterocycles. The molecular weight excluding hydrogens is 422 g/mol. The van der Waals surface area contributed by atoms with E-state index < -0.39 is 9.84 Å². The Morgan fingerprint density at radius 3 is 2.60 bits per heavy atom. The molecule has 0 bridgehead atoms. The molecule has 0 spiro atoms. The second kappa shape index (κ2) is 10.6. The van der Waals surface area contributed by atoms with Crippen molar-refractivity contribution in [2.75, 3.05) is 45.7 Å². The minimum Gasteiger partial charge on any atom is -0.493 e. The third kappa shape index (κ3) is 6.45. The number of halogens is 1. The average Bonchev–Trinajstić information content (AvgIpc) is 3.09.